The second kappa shape index (κ2) is 6.55. The molecule has 1 aliphatic heterocycles. The van der Waals surface area contributed by atoms with Gasteiger partial charge in [0.25, 0.3) is 0 Å². The lowest BCUT2D eigenvalue weighted by molar-refractivity contribution is -0.192. The molecule has 5 aliphatic rings. The van der Waals surface area contributed by atoms with Crippen molar-refractivity contribution in [3.63, 3.8) is 0 Å². The second-order valence-corrected chi connectivity index (χ2v) is 11.0. The normalized spacial score (nSPS) is 52.2. The maximum Gasteiger partial charge on any atom is 0.312 e. The summed E-state index contributed by atoms with van der Waals surface area (Å²) in [6, 6.07) is 0. The van der Waals surface area contributed by atoms with E-state index in [0.29, 0.717) is 25.7 Å². The molecule has 6 heteroatoms. The predicted molar refractivity (Wildman–Crippen MR) is 108 cm³/mol. The fourth-order valence-electron chi connectivity index (χ4n) is 8.42. The Bertz CT molecular complexity index is 806. The van der Waals surface area contributed by atoms with Crippen molar-refractivity contribution >= 4 is 11.9 Å². The van der Waals surface area contributed by atoms with E-state index < -0.39 is 23.7 Å². The highest BCUT2D eigenvalue weighted by Gasteiger charge is 2.70. The number of rotatable bonds is 1. The molecule has 3 saturated carbocycles. The van der Waals surface area contributed by atoms with Gasteiger partial charge in [0.05, 0.1) is 25.2 Å². The van der Waals surface area contributed by atoms with Gasteiger partial charge >= 0.3 is 11.9 Å². The third kappa shape index (κ3) is 2.49. The van der Waals surface area contributed by atoms with Gasteiger partial charge in [-0.3, -0.25) is 9.59 Å². The molecule has 1 spiro atoms. The first kappa shape index (κ1) is 20.5. The molecule has 30 heavy (non-hydrogen) atoms. The van der Waals surface area contributed by atoms with Crippen molar-refractivity contribution in [2.75, 3.05) is 7.11 Å². The van der Waals surface area contributed by atoms with E-state index in [9.17, 15) is 19.8 Å². The highest BCUT2D eigenvalue weighted by atomic mass is 16.6. The second-order valence-electron chi connectivity index (χ2n) is 11.0. The Morgan fingerprint density at radius 2 is 1.97 bits per heavy atom. The molecule has 0 aromatic heterocycles. The SMILES string of the molecule is COC(=O)[C@@H]1C=C2C[C@@H](O)CC[C@]2(C)C2[C@@H]1[C@@H]1CC[C@@]3(CCC(=O)O3)[C@@]1(C)C[C@H]2O. The average Bonchev–Trinajstić information content (AvgIpc) is 3.21. The molecule has 166 valence electrons. The van der Waals surface area contributed by atoms with Crippen molar-refractivity contribution in [3.8, 4) is 0 Å². The average molecular weight is 419 g/mol. The van der Waals surface area contributed by atoms with E-state index in [-0.39, 0.29) is 40.5 Å². The van der Waals surface area contributed by atoms with E-state index in [2.05, 4.69) is 19.9 Å². The zero-order valence-electron chi connectivity index (χ0n) is 18.2. The first-order chi connectivity index (χ1) is 14.1. The van der Waals surface area contributed by atoms with Crippen molar-refractivity contribution in [2.24, 2.45) is 34.5 Å². The van der Waals surface area contributed by atoms with Crippen LogP contribution in [0.5, 0.6) is 0 Å². The maximum absolute atomic E-state index is 13.0. The van der Waals surface area contributed by atoms with Gasteiger partial charge in [-0.05, 0) is 68.1 Å². The molecule has 2 N–H and O–H groups in total. The van der Waals surface area contributed by atoms with Crippen LogP contribution in [0.4, 0.5) is 0 Å². The van der Waals surface area contributed by atoms with Gasteiger partial charge in [-0.2, -0.15) is 0 Å². The Balaban J connectivity index is 1.62. The van der Waals surface area contributed by atoms with Crippen LogP contribution in [0.1, 0.15) is 65.2 Å². The van der Waals surface area contributed by atoms with Crippen LogP contribution in [0.3, 0.4) is 0 Å². The minimum Gasteiger partial charge on any atom is -0.469 e. The fraction of sp³-hybridized carbons (Fsp3) is 0.833. The third-order valence-corrected chi connectivity index (χ3v) is 9.88. The molecule has 4 aliphatic carbocycles. The summed E-state index contributed by atoms with van der Waals surface area (Å²) in [5.74, 6) is -0.756. The number of carbonyl (C=O) groups excluding carboxylic acids is 2. The van der Waals surface area contributed by atoms with Crippen molar-refractivity contribution in [2.45, 2.75) is 83.0 Å². The van der Waals surface area contributed by atoms with Gasteiger partial charge in [-0.15, -0.1) is 0 Å². The van der Waals surface area contributed by atoms with Crippen molar-refractivity contribution in [1.29, 1.82) is 0 Å². The predicted octanol–water partition coefficient (Wildman–Crippen LogP) is 2.76. The lowest BCUT2D eigenvalue weighted by Crippen LogP contribution is -2.62. The number of hydrogen-bond donors (Lipinski definition) is 2. The van der Waals surface area contributed by atoms with Gasteiger partial charge in [0.1, 0.15) is 5.60 Å². The highest BCUT2D eigenvalue weighted by Crippen LogP contribution is 2.70. The number of aliphatic hydroxyl groups is 2. The molecule has 0 aromatic carbocycles. The van der Waals surface area contributed by atoms with Crippen molar-refractivity contribution in [3.05, 3.63) is 11.6 Å². The molecule has 1 unspecified atom stereocenters. The van der Waals surface area contributed by atoms with Crippen LogP contribution in [-0.2, 0) is 19.1 Å². The number of fused-ring (bicyclic) bond motifs is 6. The van der Waals surface area contributed by atoms with Crippen LogP contribution in [-0.4, -0.2) is 47.1 Å². The van der Waals surface area contributed by atoms with E-state index in [0.717, 1.165) is 31.3 Å². The van der Waals surface area contributed by atoms with Crippen LogP contribution < -0.4 is 0 Å². The molecule has 0 bridgehead atoms. The van der Waals surface area contributed by atoms with Gasteiger partial charge in [0.15, 0.2) is 0 Å². The smallest absolute Gasteiger partial charge is 0.312 e. The monoisotopic (exact) mass is 418 g/mol. The largest absolute Gasteiger partial charge is 0.469 e. The Hall–Kier alpha value is -1.40. The molecule has 4 fully saturated rings. The number of aliphatic hydroxyl groups excluding tert-OH is 2. The van der Waals surface area contributed by atoms with Crippen LogP contribution >= 0.6 is 0 Å². The van der Waals surface area contributed by atoms with E-state index in [1.807, 2.05) is 0 Å². The Morgan fingerprint density at radius 1 is 1.20 bits per heavy atom. The number of methoxy groups -OCH3 is 1. The van der Waals surface area contributed by atoms with Crippen LogP contribution in [0.25, 0.3) is 0 Å². The van der Waals surface area contributed by atoms with Crippen LogP contribution in [0.15, 0.2) is 11.6 Å². The summed E-state index contributed by atoms with van der Waals surface area (Å²) in [6.45, 7) is 4.38. The lowest BCUT2D eigenvalue weighted by atomic mass is 9.44. The molecule has 1 saturated heterocycles. The first-order valence-electron chi connectivity index (χ1n) is 11.5. The summed E-state index contributed by atoms with van der Waals surface area (Å²) in [7, 11) is 1.42. The molecular weight excluding hydrogens is 384 g/mol. The van der Waals surface area contributed by atoms with Crippen LogP contribution in [0.2, 0.25) is 0 Å². The zero-order valence-corrected chi connectivity index (χ0v) is 18.2. The van der Waals surface area contributed by atoms with Gasteiger partial charge in [0.2, 0.25) is 0 Å². The van der Waals surface area contributed by atoms with Gasteiger partial charge < -0.3 is 19.7 Å². The van der Waals surface area contributed by atoms with E-state index in [1.165, 1.54) is 7.11 Å². The molecular formula is C24H34O6. The highest BCUT2D eigenvalue weighted by molar-refractivity contribution is 5.76. The molecule has 5 rings (SSSR count). The number of hydrogen-bond acceptors (Lipinski definition) is 6. The van der Waals surface area contributed by atoms with Gasteiger partial charge in [-0.25, -0.2) is 0 Å². The number of esters is 2. The minimum atomic E-state index is -0.582. The number of carbonyl (C=O) groups is 2. The fourth-order valence-corrected chi connectivity index (χ4v) is 8.42. The molecule has 0 amide bonds. The summed E-state index contributed by atoms with van der Waals surface area (Å²) < 4.78 is 11.2. The first-order valence-corrected chi connectivity index (χ1v) is 11.5. The Kier molecular flexibility index (Phi) is 4.48. The Morgan fingerprint density at radius 3 is 2.63 bits per heavy atom. The van der Waals surface area contributed by atoms with Crippen molar-refractivity contribution in [1.82, 2.24) is 0 Å². The molecule has 0 radical (unpaired) electrons. The summed E-state index contributed by atoms with van der Waals surface area (Å²) in [5.41, 5.74) is 0.00865. The standard InChI is InChI=1S/C24H34O6/c1-22-7-4-14(25)10-13(22)11-15(21(28)29-3)19-16-5-8-24(9-6-18(27)30-24)23(16,2)12-17(26)20(19)22/h11,14-17,19-20,25-26H,4-10,12H2,1-3H3/t14-,15+,16-,17+,19-,20?,22-,23-,24+/m0/s1. The van der Waals surface area contributed by atoms with Crippen molar-refractivity contribution < 1.29 is 29.3 Å². The Labute approximate surface area is 178 Å². The molecule has 6 nitrogen and oxygen atoms in total. The maximum atomic E-state index is 13.0. The lowest BCUT2D eigenvalue weighted by Gasteiger charge is -2.61. The third-order valence-electron chi connectivity index (χ3n) is 9.88. The van der Waals surface area contributed by atoms with Gasteiger partial charge in [0, 0.05) is 11.8 Å². The minimum absolute atomic E-state index is 0.0473. The summed E-state index contributed by atoms with van der Waals surface area (Å²) in [4.78, 5) is 25.0. The molecule has 1 heterocycles. The number of ether oxygens (including phenoxy) is 2. The zero-order chi connectivity index (χ0) is 21.5. The summed E-state index contributed by atoms with van der Waals surface area (Å²) in [6.07, 6.45) is 6.60. The van der Waals surface area contributed by atoms with E-state index in [1.54, 1.807) is 0 Å². The van der Waals surface area contributed by atoms with Gasteiger partial charge in [-0.1, -0.05) is 25.5 Å². The molecule has 9 atom stereocenters. The molecule has 0 aromatic rings. The topological polar surface area (TPSA) is 93.1 Å². The van der Waals surface area contributed by atoms with Crippen LogP contribution in [0, 0.1) is 34.5 Å². The quantitative estimate of drug-likeness (QED) is 0.502. The van der Waals surface area contributed by atoms with E-state index in [4.69, 9.17) is 9.47 Å². The summed E-state index contributed by atoms with van der Waals surface area (Å²) in [5, 5.41) is 21.9. The van der Waals surface area contributed by atoms with E-state index >= 15 is 0 Å². The summed E-state index contributed by atoms with van der Waals surface area (Å²) >= 11 is 0.